The van der Waals surface area contributed by atoms with E-state index in [2.05, 4.69) is 9.88 Å². The van der Waals surface area contributed by atoms with Crippen molar-refractivity contribution in [2.24, 2.45) is 7.05 Å². The Morgan fingerprint density at radius 3 is 2.70 bits per heavy atom. The first kappa shape index (κ1) is 15.5. The van der Waals surface area contributed by atoms with Crippen LogP contribution in [-0.4, -0.2) is 18.1 Å². The molecule has 2 heterocycles. The largest absolute Gasteiger partial charge is 0.419 e. The second-order valence-corrected chi connectivity index (χ2v) is 6.95. The van der Waals surface area contributed by atoms with E-state index in [-0.39, 0.29) is 17.0 Å². The molecule has 23 heavy (non-hydrogen) atoms. The van der Waals surface area contributed by atoms with Crippen LogP contribution in [0.3, 0.4) is 0 Å². The Kier molecular flexibility index (Phi) is 3.61. The highest BCUT2D eigenvalue weighted by Gasteiger charge is 2.18. The fourth-order valence-electron chi connectivity index (χ4n) is 2.29. The Morgan fingerprint density at radius 2 is 2.04 bits per heavy atom. The monoisotopic (exact) mass is 337 g/mol. The summed E-state index contributed by atoms with van der Waals surface area (Å²) in [6.07, 6.45) is 0. The molecule has 0 bridgehead atoms. The second kappa shape index (κ2) is 5.36. The molecule has 3 aromatic rings. The summed E-state index contributed by atoms with van der Waals surface area (Å²) in [6, 6.07) is 4.28. The smallest absolute Gasteiger partial charge is 0.408 e. The summed E-state index contributed by atoms with van der Waals surface area (Å²) in [7, 11) is -2.20. The maximum absolute atomic E-state index is 12.4. The predicted molar refractivity (Wildman–Crippen MR) is 81.5 cm³/mol. The van der Waals surface area contributed by atoms with Gasteiger partial charge in [0.1, 0.15) is 5.76 Å². The van der Waals surface area contributed by atoms with Crippen molar-refractivity contribution in [2.45, 2.75) is 25.3 Å². The van der Waals surface area contributed by atoms with Crippen LogP contribution in [-0.2, 0) is 23.6 Å². The number of oxazole rings is 1. The number of nitrogens with one attached hydrogen (secondary N) is 1. The standard InChI is InChI=1S/C14H15N3O5S/c1-8-11(9(2)22-16-8)7-15-23(19,20)10-4-5-12-13(6-10)21-14(18)17(12)3/h4-6,15H,7H2,1-3H3. The summed E-state index contributed by atoms with van der Waals surface area (Å²) in [5.74, 6) is 0.0212. The summed E-state index contributed by atoms with van der Waals surface area (Å²) in [4.78, 5) is 11.5. The number of sulfonamides is 1. The lowest BCUT2D eigenvalue weighted by atomic mass is 10.2. The molecule has 0 saturated heterocycles. The fourth-order valence-corrected chi connectivity index (χ4v) is 3.30. The van der Waals surface area contributed by atoms with Crippen molar-refractivity contribution < 1.29 is 17.4 Å². The van der Waals surface area contributed by atoms with E-state index >= 15 is 0 Å². The molecule has 1 N–H and O–H groups in total. The van der Waals surface area contributed by atoms with Crippen molar-refractivity contribution in [3.8, 4) is 0 Å². The zero-order valence-corrected chi connectivity index (χ0v) is 13.6. The molecule has 0 atom stereocenters. The van der Waals surface area contributed by atoms with E-state index in [1.54, 1.807) is 20.9 Å². The van der Waals surface area contributed by atoms with Gasteiger partial charge in [0.05, 0.1) is 16.1 Å². The minimum atomic E-state index is -3.76. The third-order valence-corrected chi connectivity index (χ3v) is 5.09. The van der Waals surface area contributed by atoms with Crippen molar-refractivity contribution in [2.75, 3.05) is 0 Å². The Morgan fingerprint density at radius 1 is 1.30 bits per heavy atom. The molecule has 122 valence electrons. The van der Waals surface area contributed by atoms with Crippen LogP contribution >= 0.6 is 0 Å². The van der Waals surface area contributed by atoms with Crippen LogP contribution in [0.15, 0.2) is 36.8 Å². The summed E-state index contributed by atoms with van der Waals surface area (Å²) in [5.41, 5.74) is 2.08. The summed E-state index contributed by atoms with van der Waals surface area (Å²) in [5, 5.41) is 3.78. The third kappa shape index (κ3) is 2.68. The third-order valence-electron chi connectivity index (χ3n) is 3.69. The van der Waals surface area contributed by atoms with E-state index in [4.69, 9.17) is 8.94 Å². The van der Waals surface area contributed by atoms with Crippen LogP contribution in [0.25, 0.3) is 11.1 Å². The van der Waals surface area contributed by atoms with Crippen LogP contribution in [0.1, 0.15) is 17.0 Å². The molecule has 0 amide bonds. The average molecular weight is 337 g/mol. The fraction of sp³-hybridized carbons (Fsp3) is 0.286. The predicted octanol–water partition coefficient (Wildman–Crippen LogP) is 1.21. The Hall–Kier alpha value is -2.39. The van der Waals surface area contributed by atoms with E-state index in [0.717, 1.165) is 0 Å². The topological polar surface area (TPSA) is 107 Å². The van der Waals surface area contributed by atoms with E-state index < -0.39 is 15.8 Å². The summed E-state index contributed by atoms with van der Waals surface area (Å²) < 4.78 is 38.6. The van der Waals surface area contributed by atoms with E-state index in [1.807, 2.05) is 0 Å². The Labute approximate surface area is 131 Å². The van der Waals surface area contributed by atoms with E-state index in [1.165, 1.54) is 22.8 Å². The molecule has 0 saturated carbocycles. The molecule has 0 spiro atoms. The highest BCUT2D eigenvalue weighted by atomic mass is 32.2. The number of hydrogen-bond donors (Lipinski definition) is 1. The molecular weight excluding hydrogens is 322 g/mol. The lowest BCUT2D eigenvalue weighted by Gasteiger charge is -2.06. The number of aromatic nitrogens is 2. The SMILES string of the molecule is Cc1noc(C)c1CNS(=O)(=O)c1ccc2c(c1)oc(=O)n2C. The van der Waals surface area contributed by atoms with E-state index in [0.29, 0.717) is 22.5 Å². The van der Waals surface area contributed by atoms with Gasteiger partial charge in [0.25, 0.3) is 0 Å². The quantitative estimate of drug-likeness (QED) is 0.767. The van der Waals surface area contributed by atoms with Gasteiger partial charge in [-0.3, -0.25) is 4.57 Å². The minimum Gasteiger partial charge on any atom is -0.408 e. The second-order valence-electron chi connectivity index (χ2n) is 5.18. The zero-order chi connectivity index (χ0) is 16.8. The first-order chi connectivity index (χ1) is 10.8. The molecule has 0 aliphatic heterocycles. The van der Waals surface area contributed by atoms with Crippen LogP contribution in [0.2, 0.25) is 0 Å². The van der Waals surface area contributed by atoms with Gasteiger partial charge in [-0.25, -0.2) is 17.9 Å². The number of rotatable bonds is 4. The molecule has 8 nitrogen and oxygen atoms in total. The summed E-state index contributed by atoms with van der Waals surface area (Å²) >= 11 is 0. The van der Waals surface area contributed by atoms with Crippen LogP contribution in [0.4, 0.5) is 0 Å². The maximum Gasteiger partial charge on any atom is 0.419 e. The molecule has 0 unspecified atom stereocenters. The number of nitrogens with zero attached hydrogens (tertiary/aromatic N) is 2. The summed E-state index contributed by atoms with van der Waals surface area (Å²) in [6.45, 7) is 3.53. The van der Waals surface area contributed by atoms with Gasteiger partial charge in [-0.05, 0) is 26.0 Å². The molecule has 3 rings (SSSR count). The minimum absolute atomic E-state index is 0.0195. The Balaban J connectivity index is 1.92. The van der Waals surface area contributed by atoms with Gasteiger partial charge < -0.3 is 8.94 Å². The molecule has 0 aliphatic rings. The number of fused-ring (bicyclic) bond motifs is 1. The van der Waals surface area contributed by atoms with Gasteiger partial charge in [-0.1, -0.05) is 5.16 Å². The van der Waals surface area contributed by atoms with Crippen LogP contribution in [0, 0.1) is 13.8 Å². The lowest BCUT2D eigenvalue weighted by molar-refractivity contribution is 0.392. The number of aryl methyl sites for hydroxylation is 3. The number of hydrogen-bond acceptors (Lipinski definition) is 6. The van der Waals surface area contributed by atoms with Crippen molar-refractivity contribution in [3.05, 3.63) is 45.8 Å². The highest BCUT2D eigenvalue weighted by Crippen LogP contribution is 2.19. The van der Waals surface area contributed by atoms with Crippen molar-refractivity contribution in [3.63, 3.8) is 0 Å². The molecule has 0 fully saturated rings. The maximum atomic E-state index is 12.4. The molecule has 9 heteroatoms. The van der Waals surface area contributed by atoms with Gasteiger partial charge in [-0.15, -0.1) is 0 Å². The molecule has 0 radical (unpaired) electrons. The molecule has 0 aliphatic carbocycles. The first-order valence-corrected chi connectivity index (χ1v) is 8.29. The zero-order valence-electron chi connectivity index (χ0n) is 12.8. The average Bonchev–Trinajstić information content (AvgIpc) is 2.97. The van der Waals surface area contributed by atoms with Crippen LogP contribution < -0.4 is 10.5 Å². The molecule has 1 aromatic carbocycles. The molecule has 2 aromatic heterocycles. The van der Waals surface area contributed by atoms with Crippen molar-refractivity contribution >= 4 is 21.1 Å². The van der Waals surface area contributed by atoms with Gasteiger partial charge >= 0.3 is 5.76 Å². The van der Waals surface area contributed by atoms with Crippen LogP contribution in [0.5, 0.6) is 0 Å². The van der Waals surface area contributed by atoms with Crippen molar-refractivity contribution in [1.82, 2.24) is 14.4 Å². The highest BCUT2D eigenvalue weighted by molar-refractivity contribution is 7.89. The van der Waals surface area contributed by atoms with Gasteiger partial charge in [0, 0.05) is 25.2 Å². The lowest BCUT2D eigenvalue weighted by Crippen LogP contribution is -2.23. The van der Waals surface area contributed by atoms with Gasteiger partial charge in [-0.2, -0.15) is 0 Å². The normalized spacial score (nSPS) is 12.1. The molecular formula is C14H15N3O5S. The van der Waals surface area contributed by atoms with Gasteiger partial charge in [0.2, 0.25) is 10.0 Å². The number of benzene rings is 1. The first-order valence-electron chi connectivity index (χ1n) is 6.80. The van der Waals surface area contributed by atoms with Gasteiger partial charge in [0.15, 0.2) is 5.58 Å². The Bertz CT molecular complexity index is 1020. The van der Waals surface area contributed by atoms with Crippen molar-refractivity contribution in [1.29, 1.82) is 0 Å². The van der Waals surface area contributed by atoms with E-state index in [9.17, 15) is 13.2 Å².